The summed E-state index contributed by atoms with van der Waals surface area (Å²) in [6.45, 7) is 3.04. The zero-order chi connectivity index (χ0) is 43.0. The number of allylic oxidation sites excluding steroid dienone is 20. The highest BCUT2D eigenvalue weighted by Crippen LogP contribution is 2.22. The van der Waals surface area contributed by atoms with Gasteiger partial charge in [-0.2, -0.15) is 0 Å². The molecule has 59 heavy (non-hydrogen) atoms. The number of unbranched alkanes of at least 4 members (excludes halogenated alkanes) is 2. The average molecular weight is 823 g/mol. The Kier molecular flexibility index (Phi) is 34.5. The van der Waals surface area contributed by atoms with Gasteiger partial charge in [0.1, 0.15) is 31.0 Å². The molecule has 1 aliphatic heterocycles. The number of rotatable bonds is 33. The van der Waals surface area contributed by atoms with E-state index < -0.39 is 55.4 Å². The second kappa shape index (κ2) is 38.3. The van der Waals surface area contributed by atoms with E-state index in [9.17, 15) is 30.0 Å². The van der Waals surface area contributed by atoms with Crippen molar-refractivity contribution in [3.8, 4) is 0 Å². The molecule has 10 heteroatoms. The third-order valence-electron chi connectivity index (χ3n) is 8.84. The molecule has 330 valence electrons. The molecular formula is C49H74O10. The lowest BCUT2D eigenvalue weighted by Gasteiger charge is -2.39. The van der Waals surface area contributed by atoms with Gasteiger partial charge >= 0.3 is 11.9 Å². The molecule has 0 aliphatic carbocycles. The minimum Gasteiger partial charge on any atom is -0.462 e. The van der Waals surface area contributed by atoms with Gasteiger partial charge in [0.05, 0.1) is 13.2 Å². The van der Waals surface area contributed by atoms with Crippen molar-refractivity contribution in [2.45, 2.75) is 153 Å². The molecule has 1 rings (SSSR count). The van der Waals surface area contributed by atoms with Gasteiger partial charge in [0.15, 0.2) is 12.4 Å². The highest BCUT2D eigenvalue weighted by molar-refractivity contribution is 5.70. The first-order chi connectivity index (χ1) is 28.8. The Balaban J connectivity index is 2.45. The highest BCUT2D eigenvalue weighted by atomic mass is 16.7. The van der Waals surface area contributed by atoms with E-state index >= 15 is 0 Å². The maximum absolute atomic E-state index is 12.7. The van der Waals surface area contributed by atoms with Crippen molar-refractivity contribution in [3.63, 3.8) is 0 Å². The Hall–Kier alpha value is -3.90. The van der Waals surface area contributed by atoms with Crippen LogP contribution in [0.4, 0.5) is 0 Å². The van der Waals surface area contributed by atoms with Crippen molar-refractivity contribution < 1.29 is 49.0 Å². The Bertz CT molecular complexity index is 1370. The number of esters is 2. The van der Waals surface area contributed by atoms with Gasteiger partial charge in [-0.3, -0.25) is 9.59 Å². The van der Waals surface area contributed by atoms with Gasteiger partial charge in [-0.15, -0.1) is 0 Å². The maximum atomic E-state index is 12.7. The number of aliphatic hydroxyl groups excluding tert-OH is 4. The van der Waals surface area contributed by atoms with Gasteiger partial charge in [-0.05, 0) is 89.9 Å². The monoisotopic (exact) mass is 823 g/mol. The van der Waals surface area contributed by atoms with E-state index in [2.05, 4.69) is 123 Å². The van der Waals surface area contributed by atoms with E-state index in [-0.39, 0.29) is 26.1 Å². The topological polar surface area (TPSA) is 152 Å². The highest BCUT2D eigenvalue weighted by Gasteiger charge is 2.44. The quantitative estimate of drug-likeness (QED) is 0.0287. The zero-order valence-corrected chi connectivity index (χ0v) is 35.7. The molecule has 0 amide bonds. The molecule has 1 saturated heterocycles. The first-order valence-corrected chi connectivity index (χ1v) is 21.6. The molecule has 1 fully saturated rings. The Morgan fingerprint density at radius 1 is 0.525 bits per heavy atom. The lowest BCUT2D eigenvalue weighted by molar-refractivity contribution is -0.305. The van der Waals surface area contributed by atoms with Crippen molar-refractivity contribution in [2.24, 2.45) is 0 Å². The van der Waals surface area contributed by atoms with Crippen LogP contribution in [0.1, 0.15) is 117 Å². The van der Waals surface area contributed by atoms with Crippen LogP contribution in [0, 0.1) is 0 Å². The van der Waals surface area contributed by atoms with Crippen molar-refractivity contribution >= 4 is 11.9 Å². The normalized spacial score (nSPS) is 21.2. The summed E-state index contributed by atoms with van der Waals surface area (Å²) in [5.41, 5.74) is 0. The standard InChI is InChI=1S/C49H74O10/c1-3-5-7-9-11-13-15-17-19-21-23-25-27-29-31-33-35-37-44(51)56-40-42(41-57-49-48(55)47(54)46(53)43(39-50)59-49)58-45(52)38-36-34-32-30-28-26-24-22-20-18-16-14-12-10-8-6-4-2/h5-8,11-14,17-20,23-26,29-32,42-43,46-50,53-55H,3-4,9-10,15-16,21-22,27-28,33-41H2,1-2H3/b7-5-,8-6-,13-11-,14-12-,19-17-,20-18-,25-23-,26-24-,31-29-,32-30-. The number of carbonyl (C=O) groups is 2. The largest absolute Gasteiger partial charge is 0.462 e. The summed E-state index contributed by atoms with van der Waals surface area (Å²) in [7, 11) is 0. The fourth-order valence-corrected chi connectivity index (χ4v) is 5.49. The van der Waals surface area contributed by atoms with Crippen LogP contribution in [0.2, 0.25) is 0 Å². The molecule has 0 radical (unpaired) electrons. The SMILES string of the molecule is CC/C=C\C/C=C\C/C=C\C/C=C\C/C=C\CCCC(=O)OCC(COC1OC(CO)C(O)C(O)C1O)OC(=O)CCC/C=C\C/C=C\C/C=C\C/C=C\C/C=C\CC. The lowest BCUT2D eigenvalue weighted by atomic mass is 9.99. The molecule has 1 heterocycles. The summed E-state index contributed by atoms with van der Waals surface area (Å²) in [6, 6.07) is 0. The number of carbonyl (C=O) groups excluding carboxylic acids is 2. The molecule has 0 bridgehead atoms. The van der Waals surface area contributed by atoms with E-state index in [1.807, 2.05) is 12.2 Å². The van der Waals surface area contributed by atoms with Crippen molar-refractivity contribution in [1.29, 1.82) is 0 Å². The summed E-state index contributed by atoms with van der Waals surface area (Å²) in [6.07, 6.45) is 46.4. The van der Waals surface area contributed by atoms with Gasteiger partial charge in [-0.25, -0.2) is 0 Å². The van der Waals surface area contributed by atoms with Gasteiger partial charge < -0.3 is 39.4 Å². The number of hydrogen-bond donors (Lipinski definition) is 4. The Labute approximate surface area is 354 Å². The molecule has 0 aromatic rings. The van der Waals surface area contributed by atoms with Crippen LogP contribution in [-0.4, -0.2) is 89.0 Å². The maximum Gasteiger partial charge on any atom is 0.306 e. The molecule has 0 aromatic heterocycles. The minimum absolute atomic E-state index is 0.131. The first-order valence-electron chi connectivity index (χ1n) is 21.6. The Morgan fingerprint density at radius 3 is 1.32 bits per heavy atom. The van der Waals surface area contributed by atoms with Crippen LogP contribution in [0.15, 0.2) is 122 Å². The van der Waals surface area contributed by atoms with Crippen LogP contribution in [0.3, 0.4) is 0 Å². The minimum atomic E-state index is -1.62. The molecular weight excluding hydrogens is 749 g/mol. The second-order valence-corrected chi connectivity index (χ2v) is 14.0. The Morgan fingerprint density at radius 2 is 0.915 bits per heavy atom. The van der Waals surface area contributed by atoms with Crippen molar-refractivity contribution in [3.05, 3.63) is 122 Å². The van der Waals surface area contributed by atoms with Crippen LogP contribution in [0.25, 0.3) is 0 Å². The zero-order valence-electron chi connectivity index (χ0n) is 35.7. The molecule has 0 saturated carbocycles. The summed E-state index contributed by atoms with van der Waals surface area (Å²) in [5, 5.41) is 40.0. The van der Waals surface area contributed by atoms with Gasteiger partial charge in [-0.1, -0.05) is 135 Å². The second-order valence-electron chi connectivity index (χ2n) is 14.0. The number of ether oxygens (including phenoxy) is 4. The van der Waals surface area contributed by atoms with Crippen molar-refractivity contribution in [2.75, 3.05) is 19.8 Å². The molecule has 6 unspecified atom stereocenters. The third kappa shape index (κ3) is 29.9. The average Bonchev–Trinajstić information content (AvgIpc) is 3.23. The fraction of sp³-hybridized carbons (Fsp3) is 0.551. The third-order valence-corrected chi connectivity index (χ3v) is 8.84. The number of aliphatic hydroxyl groups is 4. The fourth-order valence-electron chi connectivity index (χ4n) is 5.49. The predicted molar refractivity (Wildman–Crippen MR) is 237 cm³/mol. The molecule has 4 N–H and O–H groups in total. The summed E-state index contributed by atoms with van der Waals surface area (Å²) >= 11 is 0. The lowest BCUT2D eigenvalue weighted by Crippen LogP contribution is -2.59. The summed E-state index contributed by atoms with van der Waals surface area (Å²) < 4.78 is 22.0. The summed E-state index contributed by atoms with van der Waals surface area (Å²) in [5.74, 6) is -0.959. The molecule has 1 aliphatic rings. The van der Waals surface area contributed by atoms with E-state index in [0.717, 1.165) is 64.2 Å². The van der Waals surface area contributed by atoms with Crippen LogP contribution in [-0.2, 0) is 28.5 Å². The van der Waals surface area contributed by atoms with Crippen LogP contribution in [0.5, 0.6) is 0 Å². The molecule has 0 aromatic carbocycles. The summed E-state index contributed by atoms with van der Waals surface area (Å²) in [4.78, 5) is 25.3. The van der Waals surface area contributed by atoms with E-state index in [1.54, 1.807) is 0 Å². The van der Waals surface area contributed by atoms with Gasteiger partial charge in [0, 0.05) is 12.8 Å². The smallest absolute Gasteiger partial charge is 0.306 e. The van der Waals surface area contributed by atoms with Gasteiger partial charge in [0.2, 0.25) is 0 Å². The van der Waals surface area contributed by atoms with Crippen LogP contribution < -0.4 is 0 Å². The molecule has 0 spiro atoms. The van der Waals surface area contributed by atoms with E-state index in [0.29, 0.717) is 25.7 Å². The molecule has 10 nitrogen and oxygen atoms in total. The van der Waals surface area contributed by atoms with E-state index in [1.165, 1.54) is 0 Å². The van der Waals surface area contributed by atoms with Crippen LogP contribution >= 0.6 is 0 Å². The number of hydrogen-bond acceptors (Lipinski definition) is 10. The predicted octanol–water partition coefficient (Wildman–Crippen LogP) is 9.10. The van der Waals surface area contributed by atoms with E-state index in [4.69, 9.17) is 18.9 Å². The van der Waals surface area contributed by atoms with Gasteiger partial charge in [0.25, 0.3) is 0 Å². The first kappa shape index (κ1) is 53.1. The van der Waals surface area contributed by atoms with Crippen molar-refractivity contribution in [1.82, 2.24) is 0 Å². The molecule has 6 atom stereocenters.